The number of piperidine rings is 1. The molecule has 8 N–H and O–H groups in total. The molecule has 3 atom stereocenters. The molecule has 8 aliphatic heterocycles. The van der Waals surface area contributed by atoms with Crippen molar-refractivity contribution in [1.82, 2.24) is 95.4 Å². The molecule has 0 aliphatic carbocycles. The Morgan fingerprint density at radius 3 is 0.886 bits per heavy atom. The first-order chi connectivity index (χ1) is 72.0. The van der Waals surface area contributed by atoms with E-state index in [2.05, 4.69) is 129 Å². The van der Waals surface area contributed by atoms with Crippen LogP contribution in [0.25, 0.3) is 88.1 Å². The number of nitrogens with zero attached hydrogens (tertiary/aromatic N) is 20. The summed E-state index contributed by atoms with van der Waals surface area (Å²) in [5.41, 5.74) is 14.2. The quantitative estimate of drug-likeness (QED) is 0.0276. The fraction of sp³-hybridized carbons (Fsp3) is 0.345. The van der Waals surface area contributed by atoms with Gasteiger partial charge in [-0.25, -0.2) is 50.7 Å². The van der Waals surface area contributed by atoms with E-state index in [-0.39, 0.29) is 54.9 Å². The van der Waals surface area contributed by atoms with Crippen molar-refractivity contribution in [2.75, 3.05) is 150 Å². The van der Waals surface area contributed by atoms with E-state index in [9.17, 15) is 49.9 Å². The molecule has 4 amide bonds. The highest BCUT2D eigenvalue weighted by Gasteiger charge is 2.41. The molecule has 24 rings (SSSR count). The van der Waals surface area contributed by atoms with Crippen molar-refractivity contribution in [3.63, 3.8) is 0 Å². The second-order valence-electron chi connectivity index (χ2n) is 40.7. The first-order valence-electron chi connectivity index (χ1n) is 50.5. The first kappa shape index (κ1) is 99.2. The number of rotatable bonds is 23. The minimum absolute atomic E-state index is 0.126. The van der Waals surface area contributed by atoms with E-state index in [1.54, 1.807) is 112 Å². The van der Waals surface area contributed by atoms with Crippen LogP contribution < -0.4 is 45.8 Å². The summed E-state index contributed by atoms with van der Waals surface area (Å²) in [6.07, 6.45) is 28.0. The van der Waals surface area contributed by atoms with E-state index >= 15 is 0 Å². The number of aromatic nitrogens is 16. The van der Waals surface area contributed by atoms with Crippen LogP contribution in [0.3, 0.4) is 0 Å². The topological polar surface area (TPSA) is 360 Å². The van der Waals surface area contributed by atoms with Gasteiger partial charge in [0.25, 0.3) is 35.5 Å². The highest BCUT2D eigenvalue weighted by molar-refractivity contribution is 6.15. The predicted octanol–water partition coefficient (Wildman–Crippen LogP) is 19.4. The Morgan fingerprint density at radius 1 is 0.282 bits per heavy atom. The predicted molar refractivity (Wildman–Crippen MR) is 562 cm³/mol. The largest absolute Gasteiger partial charge is 0.370 e. The lowest BCUT2D eigenvalue weighted by Crippen LogP contribution is -2.38. The van der Waals surface area contributed by atoms with E-state index in [1.807, 2.05) is 141 Å². The van der Waals surface area contributed by atoms with Gasteiger partial charge in [-0.05, 0) is 226 Å². The fourth-order valence-electron chi connectivity index (χ4n) is 20.3. The van der Waals surface area contributed by atoms with Gasteiger partial charge in [-0.15, -0.1) is 0 Å². The summed E-state index contributed by atoms with van der Waals surface area (Å²) >= 11 is 0. The van der Waals surface area contributed by atoms with Crippen LogP contribution in [0, 0.1) is 0 Å². The second-order valence-corrected chi connectivity index (χ2v) is 40.7. The zero-order valence-corrected chi connectivity index (χ0v) is 82.7. The van der Waals surface area contributed by atoms with Crippen LogP contribution in [0.2, 0.25) is 0 Å². The highest BCUT2D eigenvalue weighted by atomic mass is 19.3. The van der Waals surface area contributed by atoms with Gasteiger partial charge in [0.2, 0.25) is 0 Å². The van der Waals surface area contributed by atoms with Gasteiger partial charge in [-0.2, -0.15) is 20.4 Å². The summed E-state index contributed by atoms with van der Waals surface area (Å²) in [7, 11) is 0. The third kappa shape index (κ3) is 23.6. The summed E-state index contributed by atoms with van der Waals surface area (Å²) in [4.78, 5) is 104. The lowest BCUT2D eigenvalue weighted by Gasteiger charge is -2.31. The summed E-state index contributed by atoms with van der Waals surface area (Å²) in [6.45, 7) is 16.7. The van der Waals surface area contributed by atoms with Crippen molar-refractivity contribution in [2.45, 2.75) is 140 Å². The molecule has 766 valence electrons. The van der Waals surface area contributed by atoms with Gasteiger partial charge in [0.15, 0.2) is 22.8 Å². The number of anilines is 9. The number of fused-ring (bicyclic) bond motifs is 4. The third-order valence-electron chi connectivity index (χ3n) is 28.7. The number of pyridine rings is 8. The minimum atomic E-state index is -2.64. The minimum Gasteiger partial charge on any atom is -0.370 e. The van der Waals surface area contributed by atoms with Gasteiger partial charge in [0, 0.05) is 211 Å². The van der Waals surface area contributed by atoms with Crippen molar-refractivity contribution in [3.05, 3.63) is 259 Å². The molecule has 0 spiro atoms. The molecule has 3 unspecified atom stereocenters. The molecular weight excluding hydrogens is 1910 g/mol. The Hall–Kier alpha value is -15.8. The zero-order chi connectivity index (χ0) is 103. The lowest BCUT2D eigenvalue weighted by atomic mass is 10.0. The number of halogens is 7. The number of benzene rings is 4. The van der Waals surface area contributed by atoms with E-state index in [1.165, 1.54) is 37.7 Å². The van der Waals surface area contributed by atoms with Crippen molar-refractivity contribution >= 4 is 119 Å². The molecule has 0 bridgehead atoms. The summed E-state index contributed by atoms with van der Waals surface area (Å²) in [5.74, 6) is -3.59. The Kier molecular flexibility index (Phi) is 28.1. The van der Waals surface area contributed by atoms with Gasteiger partial charge < -0.3 is 45.8 Å². The highest BCUT2D eigenvalue weighted by Crippen LogP contribution is 2.40. The van der Waals surface area contributed by atoms with E-state index in [0.717, 1.165) is 135 Å². The zero-order valence-electron chi connectivity index (χ0n) is 82.7. The van der Waals surface area contributed by atoms with Crippen molar-refractivity contribution in [3.8, 4) is 44.5 Å². The van der Waals surface area contributed by atoms with E-state index < -0.39 is 34.8 Å². The average Bonchev–Trinajstić information content (AvgIpc) is 1.66. The molecule has 16 aromatic rings. The van der Waals surface area contributed by atoms with Crippen LogP contribution in [0.1, 0.15) is 150 Å². The maximum absolute atomic E-state index is 14.2. The summed E-state index contributed by atoms with van der Waals surface area (Å²) in [5, 5.41) is 43.1. The summed E-state index contributed by atoms with van der Waals surface area (Å²) < 4.78 is 96.8. The standard InChI is InChI=1S/C29H30F3N7O.C28H28F3N7O.C27H28FN7O.C26H27N7O/c1-28(30)6-11-39(18-28)25-5-3-22(16-34-25)35-27(40)26-23-13-20(2-4-24(23)36-37-26)21-12-19(14-33-15-21)17-38-9-7-29(31,32)8-10-38;1-27(29)6-9-38(16-27)24-5-3-21(14-33-24)34-26(39)25-22-11-19(2-4-23(22)35-36-25)20-10-18(12-32-13-20)15-37-8-7-28(30,31)17-37;1-27(28)8-11-35(17-27)24-7-5-20(15-30-24)31-26(36)25-22-13-18(4-6-23(22)32-33-25)19-12-21(16-29-14-19)34-9-2-3-10-34;34-26(29-21-5-7-24(28-16-21)33-10-1-2-11-33)25-22-13-19(4-6-23(22)30-31-25)20-12-18(14-27-15-20)17-32-8-3-9-32/h2-5,12-16H,6-11,17-18H2,1H3,(H,35,40)(H,36,37);2-5,10-14H,6-9,15-17H2,1H3,(H,34,39)(H,35,36);4-7,12-16H,2-3,8-11,17H2,1H3,(H,31,36)(H,32,33);4-7,12-16H,1-3,8-11,17H2,(H,29,34)(H,30,31). The average molecular weight is 2020 g/mol. The van der Waals surface area contributed by atoms with Crippen LogP contribution in [0.15, 0.2) is 220 Å². The molecule has 39 heteroatoms. The maximum atomic E-state index is 14.2. The molecular formula is C110H113F7N28O4. The molecule has 12 aromatic heterocycles. The number of hydrogen-bond donors (Lipinski definition) is 8. The number of nitrogens with one attached hydrogen (secondary N) is 8. The van der Waals surface area contributed by atoms with Crippen LogP contribution in [0.4, 0.5) is 82.4 Å². The van der Waals surface area contributed by atoms with Crippen LogP contribution in [-0.2, 0) is 19.6 Å². The lowest BCUT2D eigenvalue weighted by molar-refractivity contribution is -0.0566. The number of carbonyl (C=O) groups is 4. The van der Waals surface area contributed by atoms with E-state index in [0.29, 0.717) is 165 Å². The number of hydrogen-bond acceptors (Lipinski definition) is 24. The Morgan fingerprint density at radius 2 is 0.584 bits per heavy atom. The normalized spacial score (nSPS) is 19.7. The van der Waals surface area contributed by atoms with E-state index in [4.69, 9.17) is 0 Å². The van der Waals surface area contributed by atoms with Gasteiger partial charge in [0.1, 0.15) is 40.3 Å². The van der Waals surface area contributed by atoms with Gasteiger partial charge in [0.05, 0.1) is 108 Å². The number of likely N-dealkylation sites (tertiary alicyclic amines) is 3. The Bertz CT molecular complexity index is 7550. The molecule has 149 heavy (non-hydrogen) atoms. The Balaban J connectivity index is 0.000000116. The molecule has 8 fully saturated rings. The van der Waals surface area contributed by atoms with Crippen molar-refractivity contribution in [1.29, 1.82) is 0 Å². The third-order valence-corrected chi connectivity index (χ3v) is 28.7. The number of H-pyrrole nitrogens is 4. The molecule has 32 nitrogen and oxygen atoms in total. The van der Waals surface area contributed by atoms with Crippen molar-refractivity contribution in [2.24, 2.45) is 0 Å². The monoisotopic (exact) mass is 2020 g/mol. The van der Waals surface area contributed by atoms with Crippen LogP contribution in [0.5, 0.6) is 0 Å². The first-order valence-corrected chi connectivity index (χ1v) is 50.5. The van der Waals surface area contributed by atoms with Gasteiger partial charge in [-0.1, -0.05) is 24.3 Å². The number of amides is 4. The smallest absolute Gasteiger partial charge is 0.276 e. The molecule has 8 aliphatic rings. The molecule has 0 saturated carbocycles. The fourth-order valence-corrected chi connectivity index (χ4v) is 20.3. The summed E-state index contributed by atoms with van der Waals surface area (Å²) in [6, 6.07) is 45.9. The molecule has 4 aromatic carbocycles. The van der Waals surface area contributed by atoms with Crippen molar-refractivity contribution < 1.29 is 49.9 Å². The number of alkyl halides is 7. The number of carbonyl (C=O) groups excluding carboxylic acids is 4. The number of aromatic amines is 4. The van der Waals surface area contributed by atoms with Crippen LogP contribution >= 0.6 is 0 Å². The Labute approximate surface area is 854 Å². The second kappa shape index (κ2) is 42.2. The molecule has 20 heterocycles. The maximum Gasteiger partial charge on any atom is 0.276 e. The molecule has 0 radical (unpaired) electrons. The SMILES string of the molecule is CC1(F)CCN(c2ccc(NC(=O)c3n[nH]c4ccc(-c5cncc(CN6CCC(F)(F)C6)c5)cc34)cn2)C1.CC1(F)CCN(c2ccc(NC(=O)c3n[nH]c4ccc(-c5cncc(CN6CCC(F)(F)CC6)c5)cc34)cn2)C1.CC1(F)CCN(c2ccc(NC(=O)c3n[nH]c4ccc(-c5cncc(N6CCCC6)c5)cc34)cn2)C1.O=C(Nc1ccc(N2CCCC2)nc1)c1n[nH]c2ccc(-c3cncc(CN4CCC4)c3)cc12. The van der Waals surface area contributed by atoms with Gasteiger partial charge in [-0.3, -0.25) is 74.2 Å². The molecule has 8 saturated heterocycles. The van der Waals surface area contributed by atoms with Gasteiger partial charge >= 0.3 is 0 Å². The van der Waals surface area contributed by atoms with Crippen LogP contribution in [-0.4, -0.2) is 253 Å².